The fraction of sp³-hybridized carbons (Fsp3) is 0.615. The van der Waals surface area contributed by atoms with Crippen LogP contribution in [-0.2, 0) is 4.74 Å². The number of anilines is 1. The second-order valence-corrected chi connectivity index (χ2v) is 5.72. The number of esters is 1. The highest BCUT2D eigenvalue weighted by Crippen LogP contribution is 2.28. The standard InChI is InChI=1S/C13H19N3O3S/c1-4-19-12(18)10-11(9(2)17)20-13(14-10)16-7-5-15(3)6-8-16/h4-8H2,1-3H3. The van der Waals surface area contributed by atoms with Crippen molar-refractivity contribution >= 4 is 28.2 Å². The number of hydrogen-bond donors (Lipinski definition) is 0. The number of rotatable bonds is 4. The first kappa shape index (κ1) is 14.9. The third kappa shape index (κ3) is 3.16. The third-order valence-electron chi connectivity index (χ3n) is 3.18. The highest BCUT2D eigenvalue weighted by atomic mass is 32.1. The van der Waals surface area contributed by atoms with Crippen LogP contribution in [0, 0.1) is 0 Å². The summed E-state index contributed by atoms with van der Waals surface area (Å²) in [7, 11) is 2.07. The maximum Gasteiger partial charge on any atom is 0.358 e. The van der Waals surface area contributed by atoms with Crippen LogP contribution in [0.15, 0.2) is 0 Å². The zero-order chi connectivity index (χ0) is 14.7. The van der Waals surface area contributed by atoms with Gasteiger partial charge in [-0.1, -0.05) is 11.3 Å². The van der Waals surface area contributed by atoms with Crippen molar-refractivity contribution in [1.29, 1.82) is 0 Å². The van der Waals surface area contributed by atoms with E-state index in [0.29, 0.717) is 4.88 Å². The Bertz CT molecular complexity index is 507. The number of nitrogens with zero attached hydrogens (tertiary/aromatic N) is 3. The molecule has 6 nitrogen and oxygen atoms in total. The van der Waals surface area contributed by atoms with Crippen molar-refractivity contribution in [1.82, 2.24) is 9.88 Å². The van der Waals surface area contributed by atoms with E-state index in [4.69, 9.17) is 4.74 Å². The molecule has 0 unspecified atom stereocenters. The number of aromatic nitrogens is 1. The minimum absolute atomic E-state index is 0.147. The average molecular weight is 297 g/mol. The molecule has 1 aromatic rings. The predicted octanol–water partition coefficient (Wildman–Crippen LogP) is 1.27. The van der Waals surface area contributed by atoms with E-state index in [9.17, 15) is 9.59 Å². The average Bonchev–Trinajstić information content (AvgIpc) is 2.85. The van der Waals surface area contributed by atoms with E-state index >= 15 is 0 Å². The summed E-state index contributed by atoms with van der Waals surface area (Å²) in [5, 5.41) is 0.728. The van der Waals surface area contributed by atoms with Crippen molar-refractivity contribution in [2.45, 2.75) is 13.8 Å². The van der Waals surface area contributed by atoms with Crippen molar-refractivity contribution in [2.24, 2.45) is 0 Å². The molecule has 0 aromatic carbocycles. The number of carbonyl (C=O) groups is 2. The summed E-state index contributed by atoms with van der Waals surface area (Å²) in [6, 6.07) is 0. The molecule has 1 aliphatic heterocycles. The number of ether oxygens (including phenoxy) is 1. The van der Waals surface area contributed by atoms with E-state index in [2.05, 4.69) is 21.8 Å². The second-order valence-electron chi connectivity index (χ2n) is 4.74. The zero-order valence-corrected chi connectivity index (χ0v) is 12.8. The first-order valence-corrected chi connectivity index (χ1v) is 7.47. The Balaban J connectivity index is 2.25. The Kier molecular flexibility index (Phi) is 4.72. The lowest BCUT2D eigenvalue weighted by atomic mass is 10.3. The number of thiazole rings is 1. The summed E-state index contributed by atoms with van der Waals surface area (Å²) in [4.78, 5) is 32.6. The maximum absolute atomic E-state index is 11.9. The summed E-state index contributed by atoms with van der Waals surface area (Å²) in [6.07, 6.45) is 0. The van der Waals surface area contributed by atoms with Gasteiger partial charge in [-0.25, -0.2) is 9.78 Å². The summed E-state index contributed by atoms with van der Waals surface area (Å²) in [6.45, 7) is 7.06. The zero-order valence-electron chi connectivity index (χ0n) is 12.0. The molecule has 1 fully saturated rings. The van der Waals surface area contributed by atoms with Crippen molar-refractivity contribution < 1.29 is 14.3 Å². The van der Waals surface area contributed by atoms with Crippen molar-refractivity contribution in [3.8, 4) is 0 Å². The lowest BCUT2D eigenvalue weighted by Gasteiger charge is -2.32. The Morgan fingerprint density at radius 2 is 1.95 bits per heavy atom. The van der Waals surface area contributed by atoms with Crippen molar-refractivity contribution in [3.63, 3.8) is 0 Å². The summed E-state index contributed by atoms with van der Waals surface area (Å²) >= 11 is 1.28. The van der Waals surface area contributed by atoms with E-state index < -0.39 is 5.97 Å². The van der Waals surface area contributed by atoms with Crippen LogP contribution in [0.2, 0.25) is 0 Å². The van der Waals surface area contributed by atoms with E-state index in [0.717, 1.165) is 31.3 Å². The topological polar surface area (TPSA) is 62.7 Å². The molecule has 1 aliphatic rings. The molecule has 0 aliphatic carbocycles. The molecule has 0 bridgehead atoms. The van der Waals surface area contributed by atoms with Crippen LogP contribution in [0.4, 0.5) is 5.13 Å². The normalized spacial score (nSPS) is 16.2. The molecule has 1 aromatic heterocycles. The number of piperazine rings is 1. The van der Waals surface area contributed by atoms with Gasteiger partial charge in [0.25, 0.3) is 0 Å². The summed E-state index contributed by atoms with van der Waals surface area (Å²) in [5.74, 6) is -0.666. The number of hydrogen-bond acceptors (Lipinski definition) is 7. The molecule has 2 heterocycles. The fourth-order valence-electron chi connectivity index (χ4n) is 2.02. The molecule has 7 heteroatoms. The van der Waals surface area contributed by atoms with E-state index in [1.165, 1.54) is 18.3 Å². The van der Waals surface area contributed by atoms with E-state index in [-0.39, 0.29) is 18.1 Å². The molecule has 1 saturated heterocycles. The highest BCUT2D eigenvalue weighted by Gasteiger charge is 2.25. The molecule has 0 atom stereocenters. The fourth-order valence-corrected chi connectivity index (χ4v) is 3.02. The van der Waals surface area contributed by atoms with Crippen LogP contribution < -0.4 is 4.90 Å². The summed E-state index contributed by atoms with van der Waals surface area (Å²) < 4.78 is 4.96. The molecule has 0 saturated carbocycles. The molecule has 0 N–H and O–H groups in total. The van der Waals surface area contributed by atoms with Gasteiger partial charge in [-0.2, -0.15) is 0 Å². The van der Waals surface area contributed by atoms with E-state index in [1.807, 2.05) is 0 Å². The van der Waals surface area contributed by atoms with Gasteiger partial charge in [-0.05, 0) is 14.0 Å². The van der Waals surface area contributed by atoms with Gasteiger partial charge in [0.15, 0.2) is 16.6 Å². The molecule has 110 valence electrons. The van der Waals surface area contributed by atoms with Gasteiger partial charge >= 0.3 is 5.97 Å². The largest absolute Gasteiger partial charge is 0.461 e. The predicted molar refractivity (Wildman–Crippen MR) is 77.8 cm³/mol. The Morgan fingerprint density at radius 3 is 2.50 bits per heavy atom. The monoisotopic (exact) mass is 297 g/mol. The molecule has 0 radical (unpaired) electrons. The summed E-state index contributed by atoms with van der Waals surface area (Å²) in [5.41, 5.74) is 0.151. The van der Waals surface area contributed by atoms with Crippen LogP contribution in [-0.4, -0.2) is 61.5 Å². The second kappa shape index (κ2) is 6.32. The number of ketones is 1. The SMILES string of the molecule is CCOC(=O)c1nc(N2CCN(C)CC2)sc1C(C)=O. The molecule has 2 rings (SSSR count). The number of likely N-dealkylation sites (N-methyl/N-ethyl adjacent to an activating group) is 1. The van der Waals surface area contributed by atoms with E-state index in [1.54, 1.807) is 6.92 Å². The molecule has 20 heavy (non-hydrogen) atoms. The number of carbonyl (C=O) groups excluding carboxylic acids is 2. The third-order valence-corrected chi connectivity index (χ3v) is 4.40. The lowest BCUT2D eigenvalue weighted by molar-refractivity contribution is 0.0517. The quantitative estimate of drug-likeness (QED) is 0.616. The van der Waals surface area contributed by atoms with Gasteiger partial charge < -0.3 is 14.5 Å². The Morgan fingerprint density at radius 1 is 1.30 bits per heavy atom. The van der Waals surface area contributed by atoms with Crippen LogP contribution in [0.25, 0.3) is 0 Å². The van der Waals surface area contributed by atoms with Crippen molar-refractivity contribution in [3.05, 3.63) is 10.6 Å². The lowest BCUT2D eigenvalue weighted by Crippen LogP contribution is -2.44. The van der Waals surface area contributed by atoms with Crippen LogP contribution in [0.1, 0.15) is 34.0 Å². The van der Waals surface area contributed by atoms with Crippen LogP contribution in [0.3, 0.4) is 0 Å². The Hall–Kier alpha value is -1.47. The van der Waals surface area contributed by atoms with Crippen LogP contribution >= 0.6 is 11.3 Å². The molecule has 0 amide bonds. The van der Waals surface area contributed by atoms with Gasteiger partial charge in [-0.15, -0.1) is 0 Å². The van der Waals surface area contributed by atoms with Gasteiger partial charge in [0.05, 0.1) is 6.61 Å². The van der Waals surface area contributed by atoms with Crippen molar-refractivity contribution in [2.75, 3.05) is 44.7 Å². The first-order chi connectivity index (χ1) is 9.52. The maximum atomic E-state index is 11.9. The van der Waals surface area contributed by atoms with Gasteiger partial charge in [0.2, 0.25) is 0 Å². The van der Waals surface area contributed by atoms with Crippen LogP contribution in [0.5, 0.6) is 0 Å². The minimum Gasteiger partial charge on any atom is -0.461 e. The Labute approximate surface area is 122 Å². The first-order valence-electron chi connectivity index (χ1n) is 6.65. The molecular weight excluding hydrogens is 278 g/mol. The number of Topliss-reactive ketones (excluding diaryl/α,β-unsaturated/α-hetero) is 1. The molecule has 0 spiro atoms. The minimum atomic E-state index is -0.519. The van der Waals surface area contributed by atoms with Gasteiger partial charge in [0.1, 0.15) is 4.88 Å². The smallest absolute Gasteiger partial charge is 0.358 e. The molecular formula is C13H19N3O3S. The highest BCUT2D eigenvalue weighted by molar-refractivity contribution is 7.17. The van der Waals surface area contributed by atoms with Gasteiger partial charge in [0, 0.05) is 33.1 Å². The van der Waals surface area contributed by atoms with Gasteiger partial charge in [-0.3, -0.25) is 4.79 Å².